The van der Waals surface area contributed by atoms with Gasteiger partial charge in [0.1, 0.15) is 0 Å². The average Bonchev–Trinajstić information content (AvgIpc) is 4.17. The molecular weight excluding hydrogens is 905 g/mol. The van der Waals surface area contributed by atoms with Crippen LogP contribution in [0.4, 0.5) is 0 Å². The van der Waals surface area contributed by atoms with E-state index in [2.05, 4.69) is 27.7 Å². The minimum atomic E-state index is -1.07. The van der Waals surface area contributed by atoms with Crippen molar-refractivity contribution in [2.75, 3.05) is 14.2 Å². The fourth-order valence-corrected chi connectivity index (χ4v) is 25.9. The summed E-state index contributed by atoms with van der Waals surface area (Å²) in [6.07, 6.45) is 0. The fraction of sp³-hybridized carbons (Fsp3) is 0.143. The molecule has 322 valence electrons. The Morgan fingerprint density at radius 1 is 0.216 bits per heavy atom. The quantitative estimate of drug-likeness (QED) is 0.130. The Balaban J connectivity index is 1.20. The summed E-state index contributed by atoms with van der Waals surface area (Å²) >= 11 is 0. The average molecular weight is 923 g/mol. The molecule has 74 heavy (non-hydrogen) atoms. The summed E-state index contributed by atoms with van der Waals surface area (Å²) in [5, 5.41) is 77.5. The molecule has 0 aromatic heterocycles. The number of methoxy groups -OCH3 is 2. The molecule has 27 aromatic rings. The summed E-state index contributed by atoms with van der Waals surface area (Å²) in [4.78, 5) is 31.9. The van der Waals surface area contributed by atoms with Crippen LogP contribution in [-0.4, -0.2) is 26.2 Å². The first-order chi connectivity index (χ1) is 36.2. The summed E-state index contributed by atoms with van der Waals surface area (Å²) < 4.78 is 12.6. The maximum atomic E-state index is 15.9. The van der Waals surface area contributed by atoms with Crippen molar-refractivity contribution in [1.82, 2.24) is 0 Å². The number of hydrogen-bond acceptors (Lipinski definition) is 4. The first-order valence-corrected chi connectivity index (χ1v) is 27.1. The van der Waals surface area contributed by atoms with Crippen LogP contribution in [0.15, 0.2) is 0 Å². The summed E-state index contributed by atoms with van der Waals surface area (Å²) in [6, 6.07) is 0. The molecule has 4 nitrogen and oxygen atoms in total. The Labute approximate surface area is 406 Å². The Hall–Kier alpha value is -8.60. The predicted molar refractivity (Wildman–Crippen MR) is 304 cm³/mol. The van der Waals surface area contributed by atoms with Gasteiger partial charge in [0.2, 0.25) is 0 Å². The number of hydrogen-bond donors (Lipinski definition) is 0. The summed E-state index contributed by atoms with van der Waals surface area (Å²) in [6.45, 7) is 9.07. The molecule has 0 saturated heterocycles. The van der Waals surface area contributed by atoms with Gasteiger partial charge in [0, 0.05) is 0 Å². The molecule has 5 aliphatic rings. The Kier molecular flexibility index (Phi) is 2.68. The third kappa shape index (κ3) is 1.56. The van der Waals surface area contributed by atoms with Gasteiger partial charge in [-0.15, -0.1) is 0 Å². The van der Waals surface area contributed by atoms with E-state index in [0.29, 0.717) is 0 Å². The highest BCUT2D eigenvalue weighted by molar-refractivity contribution is 6.81. The largest absolute Gasteiger partial charge is 0.469 e. The zero-order valence-corrected chi connectivity index (χ0v) is 39.6. The molecule has 0 spiro atoms. The van der Waals surface area contributed by atoms with Crippen molar-refractivity contribution < 1.29 is 19.1 Å². The van der Waals surface area contributed by atoms with Crippen molar-refractivity contribution in [2.24, 2.45) is 10.8 Å². The molecule has 0 fully saturated rings. The second-order valence-electron chi connectivity index (χ2n) is 27.5. The van der Waals surface area contributed by atoms with Gasteiger partial charge in [-0.3, -0.25) is 9.59 Å². The zero-order valence-electron chi connectivity index (χ0n) is 39.6. The molecule has 32 rings (SSSR count). The van der Waals surface area contributed by atoms with Gasteiger partial charge in [0.05, 0.1) is 35.9 Å². The normalized spacial score (nSPS) is 21.6. The molecule has 0 saturated carbocycles. The van der Waals surface area contributed by atoms with Crippen LogP contribution in [0.1, 0.15) is 61.1 Å². The highest BCUT2D eigenvalue weighted by Gasteiger charge is 2.74. The molecule has 4 heteroatoms. The Morgan fingerprint density at radius 2 is 0.324 bits per heavy atom. The summed E-state index contributed by atoms with van der Waals surface area (Å²) in [5.41, 5.74) is 4.02. The maximum Gasteiger partial charge on any atom is 0.312 e. The summed E-state index contributed by atoms with van der Waals surface area (Å²) in [5.74, 6) is -0.336. The SMILES string of the molecule is COC(=O)C(C)(C)[C@@]12c3c4c5c6c7c8c9c%10c(c1c1c%11c2c2c%12c3c5c3c5c%12c%12c2c2c%11c%11c%13c1c%10c1c%10c9c9c7c7c6c3c3c5c5c%12c6c2c%11c2c(c%131)c1c%10c9c9c7c3c3c9c1c2c6c53)[C@]48C(C)(C)C(=O)OC. The first-order valence-electron chi connectivity index (χ1n) is 27.1. The minimum absolute atomic E-state index is 0.168. The van der Waals surface area contributed by atoms with Gasteiger partial charge in [-0.2, -0.15) is 0 Å². The first kappa shape index (κ1) is 29.8. The lowest BCUT2D eigenvalue weighted by molar-refractivity contribution is -0.155. The minimum Gasteiger partial charge on any atom is -0.469 e. The lowest BCUT2D eigenvalue weighted by Crippen LogP contribution is -2.58. The second-order valence-corrected chi connectivity index (χ2v) is 27.5. The molecule has 0 radical (unpaired) electrons. The van der Waals surface area contributed by atoms with E-state index in [1.165, 1.54) is 249 Å². The third-order valence-electron chi connectivity index (χ3n) is 26.5. The van der Waals surface area contributed by atoms with Crippen molar-refractivity contribution in [3.05, 3.63) is 33.4 Å². The van der Waals surface area contributed by atoms with Crippen molar-refractivity contribution in [2.45, 2.75) is 38.5 Å². The molecule has 5 aliphatic carbocycles. The van der Waals surface area contributed by atoms with Crippen LogP contribution in [0.3, 0.4) is 0 Å². The van der Waals surface area contributed by atoms with E-state index in [1.807, 2.05) is 0 Å². The summed E-state index contributed by atoms with van der Waals surface area (Å²) in [7, 11) is 3.26. The van der Waals surface area contributed by atoms with E-state index in [0.717, 1.165) is 0 Å². The molecule has 0 bridgehead atoms. The van der Waals surface area contributed by atoms with Gasteiger partial charge >= 0.3 is 11.9 Å². The van der Waals surface area contributed by atoms with E-state index in [-0.39, 0.29) is 11.9 Å². The molecule has 27 aromatic carbocycles. The van der Waals surface area contributed by atoms with Crippen molar-refractivity contribution in [3.63, 3.8) is 0 Å². The van der Waals surface area contributed by atoms with E-state index in [9.17, 15) is 0 Å². The van der Waals surface area contributed by atoms with Crippen molar-refractivity contribution in [1.29, 1.82) is 0 Å². The van der Waals surface area contributed by atoms with Gasteiger partial charge in [-0.1, -0.05) is 0 Å². The Bertz CT molecular complexity index is 7070. The van der Waals surface area contributed by atoms with Crippen molar-refractivity contribution >= 4 is 292 Å². The van der Waals surface area contributed by atoms with Crippen LogP contribution in [0, 0.1) is 10.8 Å². The zero-order chi connectivity index (χ0) is 46.1. The number of benzene rings is 17. The van der Waals surface area contributed by atoms with Gasteiger partial charge < -0.3 is 9.47 Å². The van der Waals surface area contributed by atoms with E-state index in [1.54, 1.807) is 78.9 Å². The lowest BCUT2D eigenvalue weighted by Gasteiger charge is -2.57. The van der Waals surface area contributed by atoms with Crippen LogP contribution in [-0.2, 0) is 29.9 Å². The van der Waals surface area contributed by atoms with Crippen LogP contribution in [0.25, 0.3) is 280 Å². The standard InChI is InChI=1S/C70H18O4/c1-67(2,65(71)73-5)69-59-51-42-35-22-15-9-10-12-8-7-11(9)20(22)26-24-13(7)17-14(8)25-27-21(12)23-16(10)19-18(15)29-37-30(19)39-36(23)43-41(27)45-32(25)34-28(17)33-31(24)44(40(26)42)55(59)57-46(33)47(34)58-56(45)60-52(43)49(39)54-50(37)53(48(51)38(29)35)61(69)62(54)70(60,64(58)63(57)69)68(3,4)66(72)74-6/h1-6H3/t69-,70+. The van der Waals surface area contributed by atoms with Gasteiger partial charge in [0.25, 0.3) is 0 Å². The highest BCUT2D eigenvalue weighted by Crippen LogP contribution is 2.86. The van der Waals surface area contributed by atoms with E-state index >= 15 is 9.59 Å². The molecule has 0 amide bonds. The molecule has 0 heterocycles. The van der Waals surface area contributed by atoms with Crippen molar-refractivity contribution in [3.8, 4) is 0 Å². The third-order valence-corrected chi connectivity index (χ3v) is 26.5. The van der Waals surface area contributed by atoms with Gasteiger partial charge in [-0.25, -0.2) is 0 Å². The van der Waals surface area contributed by atoms with Crippen LogP contribution >= 0.6 is 0 Å². The lowest BCUT2D eigenvalue weighted by atomic mass is 9.43. The number of carbonyl (C=O) groups excluding carboxylic acids is 2. The van der Waals surface area contributed by atoms with Crippen LogP contribution < -0.4 is 0 Å². The molecule has 0 aliphatic heterocycles. The monoisotopic (exact) mass is 922 g/mol. The van der Waals surface area contributed by atoms with Gasteiger partial charge in [-0.05, 0) is 341 Å². The topological polar surface area (TPSA) is 52.6 Å². The predicted octanol–water partition coefficient (Wildman–Crippen LogP) is 17.4. The second kappa shape index (κ2) is 6.64. The molecular formula is C70H18O4. The number of esters is 2. The smallest absolute Gasteiger partial charge is 0.312 e. The highest BCUT2D eigenvalue weighted by atomic mass is 16.5. The van der Waals surface area contributed by atoms with E-state index < -0.39 is 21.7 Å². The number of carbonyl (C=O) groups is 2. The molecule has 0 N–H and O–H groups in total. The van der Waals surface area contributed by atoms with Crippen LogP contribution in [0.2, 0.25) is 0 Å². The van der Waals surface area contributed by atoms with Crippen LogP contribution in [0.5, 0.6) is 0 Å². The van der Waals surface area contributed by atoms with Gasteiger partial charge in [0.15, 0.2) is 0 Å². The number of rotatable bonds is 4. The maximum absolute atomic E-state index is 15.9. The molecule has 0 unspecified atom stereocenters. The Morgan fingerprint density at radius 3 is 0.486 bits per heavy atom. The molecule has 2 atom stereocenters. The fourth-order valence-electron chi connectivity index (χ4n) is 25.9. The number of ether oxygens (including phenoxy) is 2. The van der Waals surface area contributed by atoms with E-state index in [4.69, 9.17) is 9.47 Å².